The molecule has 7 nitrogen and oxygen atoms in total. The van der Waals surface area contributed by atoms with E-state index >= 15 is 0 Å². The van der Waals surface area contributed by atoms with Crippen LogP contribution in [0.5, 0.6) is 5.75 Å². The van der Waals surface area contributed by atoms with Crippen molar-refractivity contribution in [3.63, 3.8) is 0 Å². The lowest BCUT2D eigenvalue weighted by Crippen LogP contribution is -2.31. The molecule has 1 fully saturated rings. The summed E-state index contributed by atoms with van der Waals surface area (Å²) in [6.07, 6.45) is 2.74. The molecule has 0 spiro atoms. The summed E-state index contributed by atoms with van der Waals surface area (Å²) in [6.45, 7) is 1.69. The van der Waals surface area contributed by atoms with Crippen LogP contribution in [0, 0.1) is 0 Å². The fraction of sp³-hybridized carbons (Fsp3) is 0.350. The van der Waals surface area contributed by atoms with Crippen LogP contribution in [0.2, 0.25) is 0 Å². The maximum atomic E-state index is 5.57. The minimum atomic E-state index is 0.116. The van der Waals surface area contributed by atoms with E-state index in [-0.39, 0.29) is 6.04 Å². The lowest BCUT2D eigenvalue weighted by molar-refractivity contribution is 0.244. The number of rotatable bonds is 6. The summed E-state index contributed by atoms with van der Waals surface area (Å²) in [5.41, 5.74) is 1.96. The molecule has 1 saturated heterocycles. The van der Waals surface area contributed by atoms with Crippen LogP contribution in [0.15, 0.2) is 53.2 Å². The van der Waals surface area contributed by atoms with Gasteiger partial charge in [-0.2, -0.15) is 4.98 Å². The minimum absolute atomic E-state index is 0.116. The average Bonchev–Trinajstić information content (AvgIpc) is 3.34. The summed E-state index contributed by atoms with van der Waals surface area (Å²) in [7, 11) is 3.74. The zero-order chi connectivity index (χ0) is 18.6. The number of likely N-dealkylation sites (N-methyl/N-ethyl adjacent to an activating group) is 1. The van der Waals surface area contributed by atoms with Crippen molar-refractivity contribution >= 4 is 0 Å². The highest BCUT2D eigenvalue weighted by atomic mass is 16.5. The number of hydrogen-bond donors (Lipinski definition) is 1. The lowest BCUT2D eigenvalue weighted by Gasteiger charge is -2.14. The van der Waals surface area contributed by atoms with Gasteiger partial charge in [-0.05, 0) is 49.9 Å². The molecule has 3 aromatic rings. The van der Waals surface area contributed by atoms with Gasteiger partial charge in [0, 0.05) is 30.9 Å². The van der Waals surface area contributed by atoms with Crippen LogP contribution in [0.1, 0.15) is 24.0 Å². The predicted molar refractivity (Wildman–Crippen MR) is 101 cm³/mol. The van der Waals surface area contributed by atoms with E-state index in [9.17, 15) is 0 Å². The maximum absolute atomic E-state index is 5.57. The van der Waals surface area contributed by atoms with Gasteiger partial charge in [0.1, 0.15) is 5.75 Å². The number of ether oxygens (including phenoxy) is 1. The molecule has 0 saturated carbocycles. The van der Waals surface area contributed by atoms with E-state index in [4.69, 9.17) is 9.26 Å². The molecule has 3 heterocycles. The zero-order valence-corrected chi connectivity index (χ0v) is 15.5. The molecule has 0 aliphatic carbocycles. The number of nitrogens with one attached hydrogen (secondary N) is 1. The van der Waals surface area contributed by atoms with E-state index in [1.54, 1.807) is 7.11 Å². The zero-order valence-electron chi connectivity index (χ0n) is 15.5. The third kappa shape index (κ3) is 3.99. The van der Waals surface area contributed by atoms with E-state index in [0.29, 0.717) is 17.8 Å². The van der Waals surface area contributed by atoms with Gasteiger partial charge in [0.15, 0.2) is 0 Å². The summed E-state index contributed by atoms with van der Waals surface area (Å²) in [4.78, 5) is 11.2. The van der Waals surface area contributed by atoms with Gasteiger partial charge in [0.05, 0.1) is 18.8 Å². The number of benzene rings is 1. The van der Waals surface area contributed by atoms with Crippen molar-refractivity contribution < 1.29 is 9.26 Å². The molecular formula is C20H23N5O2. The summed E-state index contributed by atoms with van der Waals surface area (Å²) in [6, 6.07) is 14.1. The number of hydrogen-bond acceptors (Lipinski definition) is 7. The highest BCUT2D eigenvalue weighted by molar-refractivity contribution is 5.55. The highest BCUT2D eigenvalue weighted by Crippen LogP contribution is 2.31. The number of pyridine rings is 1. The smallest absolute Gasteiger partial charge is 0.244 e. The van der Waals surface area contributed by atoms with Crippen molar-refractivity contribution in [3.05, 3.63) is 60.2 Å². The average molecular weight is 365 g/mol. The molecule has 1 aromatic carbocycles. The quantitative estimate of drug-likeness (QED) is 0.720. The normalized spacial score (nSPS) is 20.1. The van der Waals surface area contributed by atoms with Crippen LogP contribution >= 0.6 is 0 Å². The molecule has 2 atom stereocenters. The number of methoxy groups -OCH3 is 1. The number of likely N-dealkylation sites (tertiary alicyclic amines) is 1. The monoisotopic (exact) mass is 365 g/mol. The van der Waals surface area contributed by atoms with Gasteiger partial charge < -0.3 is 14.6 Å². The Kier molecular flexibility index (Phi) is 5.13. The Labute approximate surface area is 158 Å². The third-order valence-corrected chi connectivity index (χ3v) is 4.92. The molecule has 0 unspecified atom stereocenters. The number of nitrogens with zero attached hydrogens (tertiary/aromatic N) is 4. The molecule has 7 heteroatoms. The second-order valence-corrected chi connectivity index (χ2v) is 6.77. The fourth-order valence-electron chi connectivity index (χ4n) is 3.42. The van der Waals surface area contributed by atoms with E-state index in [2.05, 4.69) is 32.4 Å². The van der Waals surface area contributed by atoms with Gasteiger partial charge in [-0.15, -0.1) is 0 Å². The first-order valence-corrected chi connectivity index (χ1v) is 9.04. The van der Waals surface area contributed by atoms with Gasteiger partial charge in [0.2, 0.25) is 11.7 Å². The second kappa shape index (κ2) is 7.85. The van der Waals surface area contributed by atoms with Crippen molar-refractivity contribution in [2.24, 2.45) is 0 Å². The molecule has 27 heavy (non-hydrogen) atoms. The van der Waals surface area contributed by atoms with Crippen LogP contribution in [0.4, 0.5) is 0 Å². The Morgan fingerprint density at radius 3 is 2.81 bits per heavy atom. The molecule has 1 N–H and O–H groups in total. The Balaban J connectivity index is 1.40. The minimum Gasteiger partial charge on any atom is -0.497 e. The molecule has 2 aromatic heterocycles. The van der Waals surface area contributed by atoms with Gasteiger partial charge in [-0.1, -0.05) is 11.2 Å². The Bertz CT molecular complexity index is 866. The lowest BCUT2D eigenvalue weighted by atomic mass is 10.1. The molecule has 4 rings (SSSR count). The first kappa shape index (κ1) is 17.6. The Morgan fingerprint density at radius 2 is 2.07 bits per heavy atom. The van der Waals surface area contributed by atoms with Crippen molar-refractivity contribution in [1.82, 2.24) is 25.3 Å². The second-order valence-electron chi connectivity index (χ2n) is 6.77. The van der Waals surface area contributed by atoms with Gasteiger partial charge in [0.25, 0.3) is 0 Å². The molecule has 0 bridgehead atoms. The fourth-order valence-corrected chi connectivity index (χ4v) is 3.42. The highest BCUT2D eigenvalue weighted by Gasteiger charge is 2.34. The van der Waals surface area contributed by atoms with Crippen molar-refractivity contribution in [2.45, 2.75) is 25.0 Å². The van der Waals surface area contributed by atoms with Crippen LogP contribution in [-0.2, 0) is 6.54 Å². The van der Waals surface area contributed by atoms with Crippen LogP contribution in [-0.4, -0.2) is 46.8 Å². The topological polar surface area (TPSA) is 76.3 Å². The number of aromatic nitrogens is 3. The van der Waals surface area contributed by atoms with E-state index in [1.165, 1.54) is 0 Å². The largest absolute Gasteiger partial charge is 0.497 e. The molecule has 1 aliphatic rings. The predicted octanol–water partition coefficient (Wildman–Crippen LogP) is 2.68. The SMILES string of the molecule is COc1ccc(-c2noc([C@@H]3C[C@H](NCc4ccccn4)CN3C)n2)cc1. The molecule has 0 amide bonds. The summed E-state index contributed by atoms with van der Waals surface area (Å²) in [5, 5.41) is 7.73. The van der Waals surface area contributed by atoms with Gasteiger partial charge >= 0.3 is 0 Å². The van der Waals surface area contributed by atoms with Gasteiger partial charge in [-0.25, -0.2) is 0 Å². The van der Waals surface area contributed by atoms with E-state index < -0.39 is 0 Å². The van der Waals surface area contributed by atoms with Gasteiger partial charge in [-0.3, -0.25) is 9.88 Å². The van der Waals surface area contributed by atoms with Crippen molar-refractivity contribution in [3.8, 4) is 17.1 Å². The Morgan fingerprint density at radius 1 is 1.22 bits per heavy atom. The third-order valence-electron chi connectivity index (χ3n) is 4.92. The summed E-state index contributed by atoms with van der Waals surface area (Å²) < 4.78 is 10.8. The van der Waals surface area contributed by atoms with E-state index in [1.807, 2.05) is 48.7 Å². The molecular weight excluding hydrogens is 342 g/mol. The van der Waals surface area contributed by atoms with Crippen molar-refractivity contribution in [2.75, 3.05) is 20.7 Å². The van der Waals surface area contributed by atoms with Crippen LogP contribution in [0.25, 0.3) is 11.4 Å². The first-order valence-electron chi connectivity index (χ1n) is 9.04. The van der Waals surface area contributed by atoms with Crippen LogP contribution < -0.4 is 10.1 Å². The molecule has 0 radical (unpaired) electrons. The maximum Gasteiger partial charge on any atom is 0.244 e. The Hall–Kier alpha value is -2.77. The van der Waals surface area contributed by atoms with Crippen LogP contribution in [0.3, 0.4) is 0 Å². The van der Waals surface area contributed by atoms with Crippen molar-refractivity contribution in [1.29, 1.82) is 0 Å². The molecule has 140 valence electrons. The van der Waals surface area contributed by atoms with E-state index in [0.717, 1.165) is 36.5 Å². The standard InChI is InChI=1S/C20H23N5O2/c1-25-13-16(22-12-15-5-3-4-10-21-15)11-18(25)20-23-19(24-27-20)14-6-8-17(26-2)9-7-14/h3-10,16,18,22H,11-13H2,1-2H3/t16-,18-/m0/s1. The molecule has 1 aliphatic heterocycles. The first-order chi connectivity index (χ1) is 13.2. The summed E-state index contributed by atoms with van der Waals surface area (Å²) >= 11 is 0. The summed E-state index contributed by atoms with van der Waals surface area (Å²) in [5.74, 6) is 2.07.